The van der Waals surface area contributed by atoms with Crippen LogP contribution in [0.1, 0.15) is 42.7 Å². The molecule has 2 aromatic rings. The van der Waals surface area contributed by atoms with E-state index in [1.807, 2.05) is 24.3 Å². The van der Waals surface area contributed by atoms with Gasteiger partial charge in [-0.15, -0.1) is 0 Å². The Morgan fingerprint density at radius 3 is 2.29 bits per heavy atom. The number of aliphatic carboxylic acids is 1. The molecule has 1 atom stereocenters. The highest BCUT2D eigenvalue weighted by molar-refractivity contribution is 5.91. The molecule has 1 aliphatic heterocycles. The van der Waals surface area contributed by atoms with E-state index in [0.717, 1.165) is 28.7 Å². The van der Waals surface area contributed by atoms with Gasteiger partial charge in [0.2, 0.25) is 5.91 Å². The molecular weight excluding hydrogens is 436 g/mol. The predicted octanol–water partition coefficient (Wildman–Crippen LogP) is 3.15. The summed E-state index contributed by atoms with van der Waals surface area (Å²) in [6, 6.07) is 16.3. The van der Waals surface area contributed by atoms with Crippen molar-refractivity contribution in [3.8, 4) is 11.1 Å². The van der Waals surface area contributed by atoms with E-state index in [2.05, 4.69) is 29.6 Å². The lowest BCUT2D eigenvalue weighted by Gasteiger charge is -2.45. The highest BCUT2D eigenvalue weighted by Gasteiger charge is 2.49. The fourth-order valence-corrected chi connectivity index (χ4v) is 5.28. The normalized spacial score (nSPS) is 20.6. The zero-order valence-electron chi connectivity index (χ0n) is 18.9. The second kappa shape index (κ2) is 9.10. The van der Waals surface area contributed by atoms with Crippen LogP contribution in [0.2, 0.25) is 0 Å². The Bertz CT molecular complexity index is 1070. The number of alkyl carbamates (subject to hydrolysis) is 1. The van der Waals surface area contributed by atoms with E-state index in [4.69, 9.17) is 14.6 Å². The van der Waals surface area contributed by atoms with Gasteiger partial charge in [-0.3, -0.25) is 9.59 Å². The number of ether oxygens (including phenoxy) is 2. The van der Waals surface area contributed by atoms with Crippen LogP contribution < -0.4 is 5.32 Å². The molecule has 0 bridgehead atoms. The van der Waals surface area contributed by atoms with Crippen LogP contribution in [0, 0.1) is 0 Å². The molecule has 178 valence electrons. The van der Waals surface area contributed by atoms with Crippen molar-refractivity contribution in [3.05, 3.63) is 59.7 Å². The number of amides is 2. The zero-order valence-corrected chi connectivity index (χ0v) is 18.9. The number of carbonyl (C=O) groups is 3. The van der Waals surface area contributed by atoms with E-state index in [1.165, 1.54) is 0 Å². The minimum atomic E-state index is -0.992. The molecule has 2 aliphatic carbocycles. The molecule has 2 aromatic carbocycles. The van der Waals surface area contributed by atoms with Crippen LogP contribution in [0.25, 0.3) is 11.1 Å². The van der Waals surface area contributed by atoms with Gasteiger partial charge in [0.05, 0.1) is 19.1 Å². The highest BCUT2D eigenvalue weighted by Crippen LogP contribution is 2.44. The van der Waals surface area contributed by atoms with Gasteiger partial charge in [-0.1, -0.05) is 48.5 Å². The lowest BCUT2D eigenvalue weighted by atomic mass is 9.75. The van der Waals surface area contributed by atoms with Gasteiger partial charge in [-0.2, -0.15) is 0 Å². The number of carboxylic acids is 1. The number of hydrogen-bond acceptors (Lipinski definition) is 5. The summed E-state index contributed by atoms with van der Waals surface area (Å²) in [5.74, 6) is -1.21. The molecule has 1 heterocycles. The minimum absolute atomic E-state index is 0.0535. The molecular formula is C26H28N2O6. The first-order valence-corrected chi connectivity index (χ1v) is 11.7. The molecule has 8 nitrogen and oxygen atoms in total. The van der Waals surface area contributed by atoms with Gasteiger partial charge >= 0.3 is 12.1 Å². The maximum atomic E-state index is 13.3. The summed E-state index contributed by atoms with van der Waals surface area (Å²) in [4.78, 5) is 38.8. The Morgan fingerprint density at radius 1 is 1.06 bits per heavy atom. The van der Waals surface area contributed by atoms with Gasteiger partial charge in [0.15, 0.2) is 0 Å². The minimum Gasteiger partial charge on any atom is -0.481 e. The molecule has 1 saturated carbocycles. The zero-order chi connectivity index (χ0) is 23.7. The fraction of sp³-hybridized carbons (Fsp3) is 0.423. The molecule has 1 unspecified atom stereocenters. The maximum absolute atomic E-state index is 13.3. The number of nitrogens with zero attached hydrogens (tertiary/aromatic N) is 1. The Hall–Kier alpha value is -3.39. The number of fused-ring (bicyclic) bond motifs is 3. The van der Waals surface area contributed by atoms with Gasteiger partial charge in [-0.05, 0) is 41.5 Å². The third-order valence-corrected chi connectivity index (χ3v) is 7.13. The Morgan fingerprint density at radius 2 is 1.71 bits per heavy atom. The van der Waals surface area contributed by atoms with Crippen molar-refractivity contribution < 1.29 is 29.0 Å². The van der Waals surface area contributed by atoms with E-state index in [-0.39, 0.29) is 38.0 Å². The first-order chi connectivity index (χ1) is 16.5. The third-order valence-electron chi connectivity index (χ3n) is 7.13. The fourth-order valence-electron chi connectivity index (χ4n) is 5.28. The van der Waals surface area contributed by atoms with Crippen molar-refractivity contribution >= 4 is 18.0 Å². The molecule has 8 heteroatoms. The van der Waals surface area contributed by atoms with E-state index >= 15 is 0 Å². The van der Waals surface area contributed by atoms with E-state index in [1.54, 1.807) is 4.90 Å². The molecule has 5 rings (SSSR count). The van der Waals surface area contributed by atoms with Crippen LogP contribution in [0.4, 0.5) is 4.79 Å². The lowest BCUT2D eigenvalue weighted by molar-refractivity contribution is -0.153. The predicted molar refractivity (Wildman–Crippen MR) is 123 cm³/mol. The largest absolute Gasteiger partial charge is 0.481 e. The van der Waals surface area contributed by atoms with Crippen molar-refractivity contribution in [3.63, 3.8) is 0 Å². The van der Waals surface area contributed by atoms with Crippen LogP contribution in [-0.2, 0) is 19.1 Å². The quantitative estimate of drug-likeness (QED) is 0.681. The SMILES string of the molecule is O=C(O)CC1CN(C(=O)C2(NC(=O)OCC3c4ccccc4-c4ccccc43)CCC2)CCO1. The second-order valence-electron chi connectivity index (χ2n) is 9.23. The summed E-state index contributed by atoms with van der Waals surface area (Å²) in [6.45, 7) is 1.05. The van der Waals surface area contributed by atoms with Crippen molar-refractivity contribution in [1.82, 2.24) is 10.2 Å². The molecule has 0 spiro atoms. The standard InChI is InChI=1S/C26H28N2O6/c29-23(30)14-17-15-28(12-13-33-17)24(31)26(10-5-11-26)27-25(32)34-16-22-20-8-3-1-6-18(20)19-7-2-4-9-21(19)22/h1-4,6-9,17,22H,5,10-16H2,(H,27,32)(H,29,30). The number of carboxylic acid groups (broad SMARTS) is 1. The summed E-state index contributed by atoms with van der Waals surface area (Å²) in [7, 11) is 0. The number of benzene rings is 2. The second-order valence-corrected chi connectivity index (χ2v) is 9.23. The number of morpholine rings is 1. The van der Waals surface area contributed by atoms with Crippen LogP contribution in [0.5, 0.6) is 0 Å². The van der Waals surface area contributed by atoms with Crippen LogP contribution in [-0.4, -0.2) is 65.9 Å². The molecule has 3 aliphatic rings. The number of carbonyl (C=O) groups excluding carboxylic acids is 2. The lowest BCUT2D eigenvalue weighted by Crippen LogP contribution is -2.65. The molecule has 0 aromatic heterocycles. The molecule has 2 amide bonds. The monoisotopic (exact) mass is 464 g/mol. The van der Waals surface area contributed by atoms with Crippen LogP contribution in [0.15, 0.2) is 48.5 Å². The molecule has 0 radical (unpaired) electrons. The van der Waals surface area contributed by atoms with Gasteiger partial charge in [0, 0.05) is 19.0 Å². The van der Waals surface area contributed by atoms with Gasteiger partial charge in [0.25, 0.3) is 0 Å². The van der Waals surface area contributed by atoms with E-state index in [9.17, 15) is 14.4 Å². The average Bonchev–Trinajstić information content (AvgIpc) is 3.13. The number of rotatable bonds is 6. The maximum Gasteiger partial charge on any atom is 0.408 e. The summed E-state index contributed by atoms with van der Waals surface area (Å²) in [6.07, 6.45) is 0.607. The van der Waals surface area contributed by atoms with Gasteiger partial charge in [0.1, 0.15) is 12.1 Å². The first kappa shape index (κ1) is 22.4. The van der Waals surface area contributed by atoms with Gasteiger partial charge in [-0.25, -0.2) is 4.79 Å². The topological polar surface area (TPSA) is 105 Å². The number of nitrogens with one attached hydrogen (secondary N) is 1. The molecule has 34 heavy (non-hydrogen) atoms. The Balaban J connectivity index is 1.24. The first-order valence-electron chi connectivity index (χ1n) is 11.7. The smallest absolute Gasteiger partial charge is 0.408 e. The van der Waals surface area contributed by atoms with E-state index < -0.39 is 23.7 Å². The summed E-state index contributed by atoms with van der Waals surface area (Å²) in [5, 5.41) is 11.9. The molecule has 1 saturated heterocycles. The Kier molecular flexibility index (Phi) is 6.00. The number of hydrogen-bond donors (Lipinski definition) is 2. The highest BCUT2D eigenvalue weighted by atomic mass is 16.5. The molecule has 2 N–H and O–H groups in total. The van der Waals surface area contributed by atoms with Crippen LogP contribution >= 0.6 is 0 Å². The Labute approximate surface area is 197 Å². The van der Waals surface area contributed by atoms with E-state index in [0.29, 0.717) is 19.4 Å². The third kappa shape index (κ3) is 4.14. The van der Waals surface area contributed by atoms with Crippen molar-refractivity contribution in [1.29, 1.82) is 0 Å². The average molecular weight is 465 g/mol. The summed E-state index contributed by atoms with van der Waals surface area (Å²) >= 11 is 0. The van der Waals surface area contributed by atoms with Gasteiger partial charge < -0.3 is 24.8 Å². The molecule has 2 fully saturated rings. The summed E-state index contributed by atoms with van der Waals surface area (Å²) < 4.78 is 11.1. The van der Waals surface area contributed by atoms with Crippen molar-refractivity contribution in [2.45, 2.75) is 43.2 Å². The van der Waals surface area contributed by atoms with Crippen LogP contribution in [0.3, 0.4) is 0 Å². The summed E-state index contributed by atoms with van der Waals surface area (Å²) in [5.41, 5.74) is 3.57. The van der Waals surface area contributed by atoms with Crippen molar-refractivity contribution in [2.75, 3.05) is 26.3 Å². The van der Waals surface area contributed by atoms with Crippen molar-refractivity contribution in [2.24, 2.45) is 0 Å².